The summed E-state index contributed by atoms with van der Waals surface area (Å²) in [5, 5.41) is 8.87. The quantitative estimate of drug-likeness (QED) is 0.801. The molecular weight excluding hydrogens is 228 g/mol. The zero-order valence-electron chi connectivity index (χ0n) is 6.90. The first-order chi connectivity index (χ1) is 6.49. The second-order valence-electron chi connectivity index (χ2n) is 2.60. The Morgan fingerprint density at radius 2 is 2.14 bits per heavy atom. The fraction of sp³-hybridized carbons (Fsp3) is 0.125. The number of rotatable bonds is 3. The molecule has 1 aromatic rings. The van der Waals surface area contributed by atoms with Crippen LogP contribution in [0, 0.1) is 0 Å². The predicted octanol–water partition coefficient (Wildman–Crippen LogP) is 1.42. The topological polar surface area (TPSA) is 77.4 Å². The van der Waals surface area contributed by atoms with Gasteiger partial charge in [-0.1, -0.05) is 22.7 Å². The van der Waals surface area contributed by atoms with E-state index >= 15 is 0 Å². The summed E-state index contributed by atoms with van der Waals surface area (Å²) in [6.45, 7) is 0. The second-order valence-corrected chi connectivity index (χ2v) is 3.93. The van der Waals surface area contributed by atoms with E-state index in [0.717, 1.165) is 0 Å². The van der Waals surface area contributed by atoms with E-state index in [1.54, 1.807) is 0 Å². The zero-order valence-corrected chi connectivity index (χ0v) is 8.47. The van der Waals surface area contributed by atoms with E-state index in [-0.39, 0.29) is 16.3 Å². The van der Waals surface area contributed by atoms with Gasteiger partial charge in [-0.15, -0.1) is 0 Å². The molecule has 1 aromatic carbocycles. The Morgan fingerprint density at radius 3 is 2.64 bits per heavy atom. The van der Waals surface area contributed by atoms with Crippen LogP contribution in [0.3, 0.4) is 0 Å². The summed E-state index contributed by atoms with van der Waals surface area (Å²) in [5.74, 6) is -1.37. The molecule has 0 bridgehead atoms. The maximum absolute atomic E-state index is 10.6. The molecule has 4 nitrogen and oxygen atoms in total. The molecule has 14 heavy (non-hydrogen) atoms. The number of aromatic carboxylic acids is 1. The van der Waals surface area contributed by atoms with E-state index in [4.69, 9.17) is 16.7 Å². The Labute approximate surface area is 87.8 Å². The minimum atomic E-state index is -2.25. The smallest absolute Gasteiger partial charge is 0.335 e. The van der Waals surface area contributed by atoms with Crippen molar-refractivity contribution in [3.63, 3.8) is 0 Å². The molecular formula is C8H6ClO4S-. The molecule has 0 aliphatic rings. The highest BCUT2D eigenvalue weighted by atomic mass is 35.5. The van der Waals surface area contributed by atoms with Gasteiger partial charge in [0.1, 0.15) is 0 Å². The molecule has 0 spiro atoms. The maximum atomic E-state index is 10.6. The second kappa shape index (κ2) is 4.54. The van der Waals surface area contributed by atoms with Gasteiger partial charge in [0.15, 0.2) is 0 Å². The predicted molar refractivity (Wildman–Crippen MR) is 51.0 cm³/mol. The molecule has 1 atom stereocenters. The molecule has 0 aromatic heterocycles. The van der Waals surface area contributed by atoms with Crippen molar-refractivity contribution >= 4 is 28.7 Å². The van der Waals surface area contributed by atoms with Crippen molar-refractivity contribution in [3.8, 4) is 0 Å². The Balaban J connectivity index is 3.07. The van der Waals surface area contributed by atoms with E-state index in [1.807, 2.05) is 0 Å². The highest BCUT2D eigenvalue weighted by molar-refractivity contribution is 7.78. The van der Waals surface area contributed by atoms with Crippen LogP contribution < -0.4 is 0 Å². The van der Waals surface area contributed by atoms with Crippen LogP contribution in [0.25, 0.3) is 0 Å². The molecule has 1 unspecified atom stereocenters. The molecule has 0 aliphatic heterocycles. The van der Waals surface area contributed by atoms with Crippen LogP contribution in [0.5, 0.6) is 0 Å². The third-order valence-corrected chi connectivity index (χ3v) is 2.28. The number of halogens is 1. The molecule has 0 heterocycles. The highest BCUT2D eigenvalue weighted by Gasteiger charge is 2.05. The van der Waals surface area contributed by atoms with Crippen molar-refractivity contribution < 1.29 is 18.7 Å². The molecule has 6 heteroatoms. The van der Waals surface area contributed by atoms with Crippen LogP contribution in [-0.4, -0.2) is 19.8 Å². The van der Waals surface area contributed by atoms with Crippen LogP contribution in [-0.2, 0) is 16.8 Å². The summed E-state index contributed by atoms with van der Waals surface area (Å²) in [7, 11) is 0. The fourth-order valence-corrected chi connectivity index (χ4v) is 1.69. The maximum Gasteiger partial charge on any atom is 0.335 e. The van der Waals surface area contributed by atoms with Gasteiger partial charge in [-0.25, -0.2) is 4.79 Å². The summed E-state index contributed by atoms with van der Waals surface area (Å²) >= 11 is 3.37. The first kappa shape index (κ1) is 11.2. The molecule has 0 amide bonds. The molecule has 0 fully saturated rings. The molecule has 76 valence electrons. The van der Waals surface area contributed by atoms with Crippen LogP contribution in [0.4, 0.5) is 0 Å². The summed E-state index contributed by atoms with van der Waals surface area (Å²) in [6.07, 6.45) is 0. The molecule has 0 aliphatic carbocycles. The van der Waals surface area contributed by atoms with Gasteiger partial charge in [0, 0.05) is 10.8 Å². The number of hydrogen-bond donors (Lipinski definition) is 1. The van der Waals surface area contributed by atoms with Crippen molar-refractivity contribution in [1.82, 2.24) is 0 Å². The van der Waals surface area contributed by atoms with Gasteiger partial charge < -0.3 is 9.66 Å². The lowest BCUT2D eigenvalue weighted by Crippen LogP contribution is -2.00. The minimum Gasteiger partial charge on any atom is -0.772 e. The largest absolute Gasteiger partial charge is 0.772 e. The van der Waals surface area contributed by atoms with E-state index in [0.29, 0.717) is 5.56 Å². The molecule has 1 rings (SSSR count). The van der Waals surface area contributed by atoms with Crippen molar-refractivity contribution in [1.29, 1.82) is 0 Å². The van der Waals surface area contributed by atoms with Gasteiger partial charge in [0.25, 0.3) is 0 Å². The average molecular weight is 234 g/mol. The van der Waals surface area contributed by atoms with E-state index in [2.05, 4.69) is 0 Å². The van der Waals surface area contributed by atoms with E-state index in [1.165, 1.54) is 18.2 Å². The van der Waals surface area contributed by atoms with Crippen molar-refractivity contribution in [2.75, 3.05) is 0 Å². The zero-order chi connectivity index (χ0) is 10.7. The van der Waals surface area contributed by atoms with E-state index in [9.17, 15) is 13.6 Å². The van der Waals surface area contributed by atoms with Crippen molar-refractivity contribution in [2.24, 2.45) is 0 Å². The van der Waals surface area contributed by atoms with Gasteiger partial charge in [-0.05, 0) is 23.8 Å². The highest BCUT2D eigenvalue weighted by Crippen LogP contribution is 2.16. The third-order valence-electron chi connectivity index (χ3n) is 1.49. The SMILES string of the molecule is O=C(O)c1cc(Cl)cc(CS(=O)[O-])c1. The van der Waals surface area contributed by atoms with Gasteiger partial charge >= 0.3 is 5.97 Å². The normalized spacial score (nSPS) is 12.4. The number of hydrogen-bond acceptors (Lipinski definition) is 3. The minimum absolute atomic E-state index is 0.0158. The summed E-state index contributed by atoms with van der Waals surface area (Å²) < 4.78 is 20.7. The van der Waals surface area contributed by atoms with Gasteiger partial charge in [-0.3, -0.25) is 4.21 Å². The Kier molecular flexibility index (Phi) is 3.62. The number of carboxylic acids is 1. The molecule has 0 saturated carbocycles. The number of carbonyl (C=O) groups is 1. The fourth-order valence-electron chi connectivity index (χ4n) is 0.993. The third kappa shape index (κ3) is 3.10. The number of benzene rings is 1. The summed E-state index contributed by atoms with van der Waals surface area (Å²) in [6, 6.07) is 3.97. The van der Waals surface area contributed by atoms with Crippen LogP contribution >= 0.6 is 11.6 Å². The standard InChI is InChI=1S/C8H7ClO4S/c9-7-2-5(4-14(12)13)1-6(3-7)8(10)11/h1-3H,4H2,(H,10,11)(H,12,13)/p-1. The summed E-state index contributed by atoms with van der Waals surface area (Å²) in [4.78, 5) is 10.6. The Morgan fingerprint density at radius 1 is 1.50 bits per heavy atom. The van der Waals surface area contributed by atoms with Crippen LogP contribution in [0.1, 0.15) is 15.9 Å². The molecule has 0 radical (unpaired) electrons. The Hall–Kier alpha value is -0.910. The molecule has 1 N–H and O–H groups in total. The lowest BCUT2D eigenvalue weighted by atomic mass is 10.1. The first-order valence-electron chi connectivity index (χ1n) is 3.57. The van der Waals surface area contributed by atoms with Gasteiger partial charge in [0.05, 0.1) is 5.56 Å². The Bertz CT molecular complexity index is 391. The van der Waals surface area contributed by atoms with E-state index < -0.39 is 17.0 Å². The van der Waals surface area contributed by atoms with Crippen molar-refractivity contribution in [3.05, 3.63) is 34.3 Å². The summed E-state index contributed by atoms with van der Waals surface area (Å²) in [5.41, 5.74) is 0.348. The van der Waals surface area contributed by atoms with Crippen LogP contribution in [0.2, 0.25) is 5.02 Å². The molecule has 0 saturated heterocycles. The lowest BCUT2D eigenvalue weighted by Gasteiger charge is -2.06. The van der Waals surface area contributed by atoms with Gasteiger partial charge in [0.2, 0.25) is 0 Å². The monoisotopic (exact) mass is 233 g/mol. The van der Waals surface area contributed by atoms with Gasteiger partial charge in [-0.2, -0.15) is 0 Å². The average Bonchev–Trinajstić information content (AvgIpc) is 2.01. The lowest BCUT2D eigenvalue weighted by molar-refractivity contribution is 0.0696. The van der Waals surface area contributed by atoms with Crippen LogP contribution in [0.15, 0.2) is 18.2 Å². The first-order valence-corrected chi connectivity index (χ1v) is 5.20. The number of carboxylic acid groups (broad SMARTS) is 1. The van der Waals surface area contributed by atoms with Crippen molar-refractivity contribution in [2.45, 2.75) is 5.75 Å².